The number of nitrogens with zero attached hydrogens (tertiary/aromatic N) is 2. The third-order valence-electron chi connectivity index (χ3n) is 24.4. The summed E-state index contributed by atoms with van der Waals surface area (Å²) in [7, 11) is 0. The molecule has 2 nitrogen and oxygen atoms in total. The molecule has 12 aliphatic rings. The molecule has 0 amide bonds. The first-order valence-corrected chi connectivity index (χ1v) is 33.8. The van der Waals surface area contributed by atoms with Crippen LogP contribution in [-0.4, -0.2) is 30.4 Å². The molecule has 23 rings (SSSR count). The third kappa shape index (κ3) is 5.63. The minimum absolute atomic E-state index is 0.0110. The fourth-order valence-electron chi connectivity index (χ4n) is 21.5. The highest BCUT2D eigenvalue weighted by Crippen LogP contribution is 2.69. The first-order chi connectivity index (χ1) is 45.7. The molecule has 4 heteroatoms. The second kappa shape index (κ2) is 17.3. The van der Waals surface area contributed by atoms with Gasteiger partial charge in [0.05, 0.1) is 22.9 Å². The zero-order valence-electron chi connectivity index (χ0n) is 50.7. The van der Waals surface area contributed by atoms with Gasteiger partial charge in [0.1, 0.15) is 0 Å². The average molecular weight is 1170 g/mol. The normalized spacial score (nSPS) is 21.8. The SMILES string of the molecule is C1=CCCC(N2C3=CC4C5B(c6cc7c(cc6N4C4=CC=CCC4)-c4ccccc4C74c6ccccc6-c6ccccc64)c4cccc6c(-c7ccccc7)c7cccc8c7c(c46)C5=C3B8C3C=C4C(=CC32)c2ccccc2C42c3ccccc3-c3ccccc32)=C1. The Labute approximate surface area is 536 Å². The Balaban J connectivity index is 0.875. The van der Waals surface area contributed by atoms with E-state index in [-0.39, 0.29) is 37.1 Å². The standard InChI is InChI=1S/C88H58B2N2/c1-4-24-51(25-5-1)80-60-36-22-44-72-81(60)83-82-61(80)37-23-45-73(82)90-75-49-71-63(59-35-15-21-43-69(59)88(71)66-40-18-12-32-56(66)57-33-13-19-41-67(57)88)47-77(75)92(53-28-8-3-9-29-53)79-50-78-85(84(83)86(79)90)89(72)74-48-70-62(46-76(74)91(78)52-26-6-2-7-27-52)58-34-14-20-42-68(58)87(70)64-38-16-10-30-54(64)55-31-11-17-39-65(55)87/h1-6,8,10-26,28,30-50,74,76,79,86H,7,9,27,29H2. The highest BCUT2D eigenvalue weighted by atomic mass is 15.2. The molecule has 0 aromatic heterocycles. The molecule has 4 unspecified atom stereocenters. The maximum absolute atomic E-state index is 2.93. The molecule has 1 fully saturated rings. The van der Waals surface area contributed by atoms with Crippen molar-refractivity contribution in [3.05, 3.63) is 357 Å². The smallest absolute Gasteiger partial charge is 0.222 e. The quantitative estimate of drug-likeness (QED) is 0.128. The van der Waals surface area contributed by atoms with Gasteiger partial charge >= 0.3 is 0 Å². The average Bonchev–Trinajstić information content (AvgIpc) is 1.63. The number of anilines is 1. The lowest BCUT2D eigenvalue weighted by molar-refractivity contribution is 0.341. The molecular formula is C88H58B2N2. The maximum Gasteiger partial charge on any atom is 0.222 e. The molecule has 4 atom stereocenters. The first kappa shape index (κ1) is 49.4. The topological polar surface area (TPSA) is 6.48 Å². The second-order valence-corrected chi connectivity index (χ2v) is 28.0. The van der Waals surface area contributed by atoms with Crippen LogP contribution in [0, 0.1) is 0 Å². The molecule has 0 bridgehead atoms. The largest absolute Gasteiger partial charge is 0.339 e. The van der Waals surface area contributed by atoms with Gasteiger partial charge in [0.15, 0.2) is 0 Å². The summed E-state index contributed by atoms with van der Waals surface area (Å²) in [5, 5.41) is 5.65. The molecule has 0 radical (unpaired) electrons. The number of fused-ring (bicyclic) bond motifs is 26. The summed E-state index contributed by atoms with van der Waals surface area (Å²) in [6.07, 6.45) is 27.0. The van der Waals surface area contributed by atoms with E-state index in [0.717, 1.165) is 25.7 Å². The molecule has 2 spiro atoms. The van der Waals surface area contributed by atoms with Crippen molar-refractivity contribution in [1.29, 1.82) is 0 Å². The van der Waals surface area contributed by atoms with E-state index in [1.807, 2.05) is 0 Å². The Hall–Kier alpha value is -10.4. The summed E-state index contributed by atoms with van der Waals surface area (Å²) in [5.74, 6) is 0.195. The zero-order chi connectivity index (χ0) is 59.4. The predicted molar refractivity (Wildman–Crippen MR) is 382 cm³/mol. The molecule has 11 aromatic rings. The van der Waals surface area contributed by atoms with Crippen molar-refractivity contribution in [1.82, 2.24) is 4.90 Å². The molecule has 426 valence electrons. The van der Waals surface area contributed by atoms with E-state index in [9.17, 15) is 0 Å². The Morgan fingerprint density at radius 3 is 1.48 bits per heavy atom. The lowest BCUT2D eigenvalue weighted by Crippen LogP contribution is -2.65. The Morgan fingerprint density at radius 2 is 0.902 bits per heavy atom. The Kier molecular flexibility index (Phi) is 9.31. The van der Waals surface area contributed by atoms with Crippen molar-refractivity contribution < 1.29 is 0 Å². The van der Waals surface area contributed by atoms with Crippen LogP contribution in [0.1, 0.15) is 75.8 Å². The molecule has 4 heterocycles. The molecule has 4 aliphatic heterocycles. The number of hydrogen-bond donors (Lipinski definition) is 0. The van der Waals surface area contributed by atoms with Crippen molar-refractivity contribution in [2.45, 2.75) is 60.2 Å². The van der Waals surface area contributed by atoms with Crippen molar-refractivity contribution in [3.63, 3.8) is 0 Å². The molecule has 11 aromatic carbocycles. The van der Waals surface area contributed by atoms with Crippen LogP contribution in [0.15, 0.2) is 307 Å². The van der Waals surface area contributed by atoms with E-state index in [2.05, 4.69) is 289 Å². The van der Waals surface area contributed by atoms with Crippen LogP contribution in [0.5, 0.6) is 0 Å². The van der Waals surface area contributed by atoms with Crippen LogP contribution in [0.4, 0.5) is 5.69 Å². The van der Waals surface area contributed by atoms with Crippen molar-refractivity contribution in [2.75, 3.05) is 4.90 Å². The van der Waals surface area contributed by atoms with E-state index in [0.29, 0.717) is 0 Å². The summed E-state index contributed by atoms with van der Waals surface area (Å²) in [6, 6.07) is 88.5. The molecular weight excluding hydrogens is 1110 g/mol. The summed E-state index contributed by atoms with van der Waals surface area (Å²) in [6.45, 7) is 0.112. The lowest BCUT2D eigenvalue weighted by atomic mass is 9.21. The summed E-state index contributed by atoms with van der Waals surface area (Å²) >= 11 is 0. The van der Waals surface area contributed by atoms with Gasteiger partial charge in [-0.1, -0.05) is 266 Å². The van der Waals surface area contributed by atoms with Gasteiger partial charge in [-0.15, -0.1) is 0 Å². The summed E-state index contributed by atoms with van der Waals surface area (Å²) in [4.78, 5) is 5.85. The van der Waals surface area contributed by atoms with Gasteiger partial charge in [0.2, 0.25) is 13.4 Å². The monoisotopic (exact) mass is 1160 g/mol. The third-order valence-corrected chi connectivity index (χ3v) is 24.4. The summed E-state index contributed by atoms with van der Waals surface area (Å²) < 4.78 is 0. The van der Waals surface area contributed by atoms with Gasteiger partial charge in [0, 0.05) is 22.8 Å². The Morgan fingerprint density at radius 1 is 0.391 bits per heavy atom. The van der Waals surface area contributed by atoms with Gasteiger partial charge in [-0.25, -0.2) is 0 Å². The number of allylic oxidation sites excluding steroid dienone is 11. The Bertz CT molecular complexity index is 5510. The number of benzene rings is 11. The van der Waals surface area contributed by atoms with Gasteiger partial charge in [-0.3, -0.25) is 0 Å². The van der Waals surface area contributed by atoms with E-state index < -0.39 is 10.8 Å². The van der Waals surface area contributed by atoms with E-state index in [1.54, 1.807) is 11.0 Å². The van der Waals surface area contributed by atoms with E-state index >= 15 is 0 Å². The second-order valence-electron chi connectivity index (χ2n) is 28.0. The molecule has 0 N–H and O–H groups in total. The first-order valence-electron chi connectivity index (χ1n) is 33.8. The van der Waals surface area contributed by atoms with E-state index in [4.69, 9.17) is 0 Å². The van der Waals surface area contributed by atoms with Gasteiger partial charge < -0.3 is 9.80 Å². The highest BCUT2D eigenvalue weighted by molar-refractivity contribution is 6.94. The van der Waals surface area contributed by atoms with Crippen LogP contribution in [-0.2, 0) is 10.8 Å². The van der Waals surface area contributed by atoms with Crippen LogP contribution in [0.3, 0.4) is 0 Å². The molecule has 1 saturated heterocycles. The van der Waals surface area contributed by atoms with Gasteiger partial charge in [0.25, 0.3) is 0 Å². The molecule has 8 aliphatic carbocycles. The summed E-state index contributed by atoms with van der Waals surface area (Å²) in [5.41, 5.74) is 38.5. The predicted octanol–water partition coefficient (Wildman–Crippen LogP) is 18.0. The van der Waals surface area contributed by atoms with Crippen molar-refractivity contribution in [2.24, 2.45) is 0 Å². The van der Waals surface area contributed by atoms with Crippen molar-refractivity contribution >= 4 is 68.2 Å². The maximum atomic E-state index is 2.93. The number of hydrogen-bond acceptors (Lipinski definition) is 2. The van der Waals surface area contributed by atoms with Crippen LogP contribution >= 0.6 is 0 Å². The highest BCUT2D eigenvalue weighted by Gasteiger charge is 2.63. The zero-order valence-corrected chi connectivity index (χ0v) is 50.7. The van der Waals surface area contributed by atoms with Crippen LogP contribution in [0.2, 0.25) is 11.6 Å². The number of rotatable bonds is 3. The lowest BCUT2D eigenvalue weighted by Gasteiger charge is -2.58. The van der Waals surface area contributed by atoms with Gasteiger partial charge in [-0.2, -0.15) is 0 Å². The fourth-order valence-corrected chi connectivity index (χ4v) is 21.5. The van der Waals surface area contributed by atoms with Crippen LogP contribution < -0.4 is 21.3 Å². The molecule has 92 heavy (non-hydrogen) atoms. The van der Waals surface area contributed by atoms with Crippen LogP contribution in [0.25, 0.3) is 77.2 Å². The molecule has 0 saturated carbocycles. The van der Waals surface area contributed by atoms with Gasteiger partial charge in [-0.05, 0) is 205 Å². The van der Waals surface area contributed by atoms with E-state index in [1.165, 1.54) is 166 Å². The van der Waals surface area contributed by atoms with Crippen molar-refractivity contribution in [3.8, 4) is 44.5 Å². The minimum atomic E-state index is -0.482. The minimum Gasteiger partial charge on any atom is -0.339 e. The fraction of sp³-hybridized carbons (Fsp3) is 0.114.